The van der Waals surface area contributed by atoms with Crippen LogP contribution in [0.5, 0.6) is 5.75 Å². The van der Waals surface area contributed by atoms with Crippen LogP contribution in [0.15, 0.2) is 40.9 Å². The molecule has 1 saturated heterocycles. The predicted octanol–water partition coefficient (Wildman–Crippen LogP) is 5.65. The lowest BCUT2D eigenvalue weighted by Crippen LogP contribution is -2.38. The van der Waals surface area contributed by atoms with Crippen LogP contribution in [0, 0.1) is 5.82 Å². The van der Waals surface area contributed by atoms with Gasteiger partial charge in [0.25, 0.3) is 5.89 Å². The molecule has 3 aromatic rings. The van der Waals surface area contributed by atoms with Crippen molar-refractivity contribution in [1.29, 1.82) is 0 Å². The van der Waals surface area contributed by atoms with E-state index in [1.165, 1.54) is 18.2 Å². The summed E-state index contributed by atoms with van der Waals surface area (Å²) in [7, 11) is 0. The maximum atomic E-state index is 13.8. The highest BCUT2D eigenvalue weighted by atomic mass is 19.4. The smallest absolute Gasteiger partial charge is 0.418 e. The van der Waals surface area contributed by atoms with Crippen molar-refractivity contribution in [3.05, 3.63) is 47.8 Å². The van der Waals surface area contributed by atoms with E-state index in [4.69, 9.17) is 4.52 Å². The number of phenolic OH excluding ortho intramolecular Hbond substituents is 1. The van der Waals surface area contributed by atoms with E-state index >= 15 is 0 Å². The number of benzene rings is 2. The van der Waals surface area contributed by atoms with Crippen LogP contribution in [0.3, 0.4) is 0 Å². The lowest BCUT2D eigenvalue weighted by Gasteiger charge is -2.37. The Morgan fingerprint density at radius 2 is 1.87 bits per heavy atom. The van der Waals surface area contributed by atoms with Gasteiger partial charge < -0.3 is 14.5 Å². The average Bonchev–Trinajstić information content (AvgIpc) is 3.20. The number of anilines is 1. The Kier molecular flexibility index (Phi) is 5.13. The topological polar surface area (TPSA) is 62.4 Å². The molecular weight excluding hydrogens is 402 g/mol. The number of phenols is 1. The molecule has 2 aromatic carbocycles. The molecule has 30 heavy (non-hydrogen) atoms. The van der Waals surface area contributed by atoms with Crippen molar-refractivity contribution in [2.24, 2.45) is 0 Å². The van der Waals surface area contributed by atoms with E-state index in [0.717, 1.165) is 37.5 Å². The molecule has 1 atom stereocenters. The van der Waals surface area contributed by atoms with Gasteiger partial charge in [-0.2, -0.15) is 18.2 Å². The molecule has 1 aliphatic rings. The summed E-state index contributed by atoms with van der Waals surface area (Å²) in [4.78, 5) is 5.88. The minimum Gasteiger partial charge on any atom is -0.505 e. The Morgan fingerprint density at radius 3 is 2.57 bits per heavy atom. The summed E-state index contributed by atoms with van der Waals surface area (Å²) in [6, 6.07) is 7.51. The molecular formula is C21H19F4N3O2. The highest BCUT2D eigenvalue weighted by Gasteiger charge is 2.37. The molecule has 0 radical (unpaired) electrons. The number of aromatic nitrogens is 2. The number of rotatable bonds is 3. The molecule has 158 valence electrons. The van der Waals surface area contributed by atoms with Crippen LogP contribution >= 0.6 is 0 Å². The molecule has 1 aliphatic heterocycles. The third kappa shape index (κ3) is 3.83. The van der Waals surface area contributed by atoms with Gasteiger partial charge in [-0.15, -0.1) is 0 Å². The van der Waals surface area contributed by atoms with Crippen LogP contribution in [-0.2, 0) is 6.18 Å². The number of hydrogen-bond donors (Lipinski definition) is 1. The van der Waals surface area contributed by atoms with Crippen molar-refractivity contribution in [3.63, 3.8) is 0 Å². The Balaban J connectivity index is 1.72. The summed E-state index contributed by atoms with van der Waals surface area (Å²) in [5.74, 6) is -1.49. The van der Waals surface area contributed by atoms with E-state index in [-0.39, 0.29) is 34.6 Å². The minimum absolute atomic E-state index is 0.00573. The number of aromatic hydroxyl groups is 1. The second kappa shape index (κ2) is 7.62. The van der Waals surface area contributed by atoms with Gasteiger partial charge in [-0.3, -0.25) is 0 Å². The molecule has 0 spiro atoms. The van der Waals surface area contributed by atoms with Crippen LogP contribution in [0.2, 0.25) is 0 Å². The fourth-order valence-corrected chi connectivity index (χ4v) is 3.71. The van der Waals surface area contributed by atoms with E-state index in [1.807, 2.05) is 6.92 Å². The van der Waals surface area contributed by atoms with Crippen LogP contribution in [0.4, 0.5) is 23.2 Å². The predicted molar refractivity (Wildman–Crippen MR) is 102 cm³/mol. The molecule has 2 heterocycles. The second-order valence-corrected chi connectivity index (χ2v) is 7.36. The molecule has 0 amide bonds. The maximum absolute atomic E-state index is 13.8. The van der Waals surface area contributed by atoms with Gasteiger partial charge in [0.05, 0.1) is 5.56 Å². The van der Waals surface area contributed by atoms with Gasteiger partial charge in [0, 0.05) is 29.4 Å². The zero-order chi connectivity index (χ0) is 21.5. The number of piperidine rings is 1. The lowest BCUT2D eigenvalue weighted by atomic mass is 9.99. The molecule has 1 unspecified atom stereocenters. The van der Waals surface area contributed by atoms with Crippen LogP contribution in [0.25, 0.3) is 22.8 Å². The minimum atomic E-state index is -4.55. The van der Waals surface area contributed by atoms with E-state index in [0.29, 0.717) is 6.54 Å². The highest BCUT2D eigenvalue weighted by molar-refractivity contribution is 5.67. The van der Waals surface area contributed by atoms with Gasteiger partial charge in [0.15, 0.2) is 11.6 Å². The SMILES string of the molecule is CC1CCCCN1c1ccc(-c2nc(-c3ccc(O)c(F)c3)no2)cc1C(F)(F)F. The molecule has 0 saturated carbocycles. The summed E-state index contributed by atoms with van der Waals surface area (Å²) < 4.78 is 60.1. The summed E-state index contributed by atoms with van der Waals surface area (Å²) in [5, 5.41) is 13.0. The first-order valence-corrected chi connectivity index (χ1v) is 9.55. The van der Waals surface area contributed by atoms with Crippen molar-refractivity contribution in [1.82, 2.24) is 10.1 Å². The fourth-order valence-electron chi connectivity index (χ4n) is 3.71. The summed E-state index contributed by atoms with van der Waals surface area (Å²) in [6.45, 7) is 2.50. The van der Waals surface area contributed by atoms with E-state index in [9.17, 15) is 22.7 Å². The third-order valence-electron chi connectivity index (χ3n) is 5.29. The summed E-state index contributed by atoms with van der Waals surface area (Å²) in [6.07, 6.45) is -1.86. The lowest BCUT2D eigenvalue weighted by molar-refractivity contribution is -0.137. The number of halogens is 4. The standard InChI is InChI=1S/C21H19F4N3O2/c1-12-4-2-3-9-28(12)17-7-5-14(10-15(17)21(23,24)25)20-26-19(27-30-20)13-6-8-18(29)16(22)11-13/h5-8,10-12,29H,2-4,9H2,1H3. The molecule has 1 fully saturated rings. The van der Waals surface area contributed by atoms with Crippen molar-refractivity contribution >= 4 is 5.69 Å². The van der Waals surface area contributed by atoms with Gasteiger partial charge in [-0.05, 0) is 62.6 Å². The van der Waals surface area contributed by atoms with Gasteiger partial charge in [-0.1, -0.05) is 5.16 Å². The molecule has 1 aromatic heterocycles. The molecule has 0 bridgehead atoms. The quantitative estimate of drug-likeness (QED) is 0.554. The van der Waals surface area contributed by atoms with Crippen molar-refractivity contribution in [3.8, 4) is 28.6 Å². The number of hydrogen-bond acceptors (Lipinski definition) is 5. The van der Waals surface area contributed by atoms with Crippen LogP contribution in [0.1, 0.15) is 31.7 Å². The second-order valence-electron chi connectivity index (χ2n) is 7.36. The normalized spacial score (nSPS) is 17.4. The molecule has 1 N–H and O–H groups in total. The van der Waals surface area contributed by atoms with Crippen molar-refractivity contribution < 1.29 is 27.2 Å². The van der Waals surface area contributed by atoms with Gasteiger partial charge >= 0.3 is 6.18 Å². The Labute approximate surface area is 169 Å². The first-order chi connectivity index (χ1) is 14.2. The fraction of sp³-hybridized carbons (Fsp3) is 0.333. The monoisotopic (exact) mass is 421 g/mol. The van der Waals surface area contributed by atoms with E-state index < -0.39 is 23.3 Å². The van der Waals surface area contributed by atoms with Crippen LogP contribution in [-0.4, -0.2) is 27.8 Å². The van der Waals surface area contributed by atoms with Gasteiger partial charge in [-0.25, -0.2) is 4.39 Å². The number of nitrogens with zero attached hydrogens (tertiary/aromatic N) is 3. The van der Waals surface area contributed by atoms with E-state index in [2.05, 4.69) is 10.1 Å². The van der Waals surface area contributed by atoms with Crippen LogP contribution < -0.4 is 4.90 Å². The Hall–Kier alpha value is -3.10. The molecule has 9 heteroatoms. The first kappa shape index (κ1) is 20.2. The van der Waals surface area contributed by atoms with Gasteiger partial charge in [0.2, 0.25) is 5.82 Å². The molecule has 5 nitrogen and oxygen atoms in total. The Morgan fingerprint density at radius 1 is 1.10 bits per heavy atom. The first-order valence-electron chi connectivity index (χ1n) is 9.55. The van der Waals surface area contributed by atoms with Crippen molar-refractivity contribution in [2.75, 3.05) is 11.4 Å². The average molecular weight is 421 g/mol. The summed E-state index contributed by atoms with van der Waals surface area (Å²) >= 11 is 0. The van der Waals surface area contributed by atoms with E-state index in [1.54, 1.807) is 4.90 Å². The largest absolute Gasteiger partial charge is 0.505 e. The van der Waals surface area contributed by atoms with Crippen molar-refractivity contribution in [2.45, 2.75) is 38.4 Å². The highest BCUT2D eigenvalue weighted by Crippen LogP contribution is 2.41. The van der Waals surface area contributed by atoms with Gasteiger partial charge in [0.1, 0.15) is 0 Å². The third-order valence-corrected chi connectivity index (χ3v) is 5.29. The summed E-state index contributed by atoms with van der Waals surface area (Å²) in [5.41, 5.74) is -0.271. The maximum Gasteiger partial charge on any atom is 0.418 e. The molecule has 0 aliphatic carbocycles. The Bertz CT molecular complexity index is 1060. The molecule has 4 rings (SSSR count). The zero-order valence-electron chi connectivity index (χ0n) is 16.1. The zero-order valence-corrected chi connectivity index (χ0v) is 16.1. The number of alkyl halides is 3.